The van der Waals surface area contributed by atoms with Gasteiger partial charge >= 0.3 is 0 Å². The zero-order chi connectivity index (χ0) is 15.0. The van der Waals surface area contributed by atoms with Crippen molar-refractivity contribution in [3.05, 3.63) is 18.2 Å². The third-order valence-corrected chi connectivity index (χ3v) is 5.47. The van der Waals surface area contributed by atoms with Crippen LogP contribution in [0.1, 0.15) is 27.2 Å². The zero-order valence-electron chi connectivity index (χ0n) is 12.2. The van der Waals surface area contributed by atoms with Gasteiger partial charge in [0.2, 0.25) is 10.0 Å². The Morgan fingerprint density at radius 1 is 1.40 bits per heavy atom. The molecule has 0 amide bonds. The molecule has 0 radical (unpaired) electrons. The van der Waals surface area contributed by atoms with Crippen LogP contribution >= 0.6 is 0 Å². The predicted octanol–water partition coefficient (Wildman–Crippen LogP) is 2.02. The first kappa shape index (κ1) is 15.1. The summed E-state index contributed by atoms with van der Waals surface area (Å²) in [7, 11) is -3.44. The molecule has 1 saturated carbocycles. The number of nitrogens with one attached hydrogen (secondary N) is 2. The van der Waals surface area contributed by atoms with Gasteiger partial charge in [0, 0.05) is 13.1 Å². The van der Waals surface area contributed by atoms with Gasteiger partial charge in [0.25, 0.3) is 0 Å². The third kappa shape index (κ3) is 3.24. The van der Waals surface area contributed by atoms with E-state index >= 15 is 0 Å². The SMILES string of the molecule is CCNS(=O)(=O)c1ccc(N)c(NCC2CC2(C)C)c1. The molecule has 1 unspecified atom stereocenters. The standard InChI is InChI=1S/C14H23N3O2S/c1-4-17-20(18,19)11-5-6-12(15)13(7-11)16-9-10-8-14(10,2)3/h5-7,10,16-17H,4,8-9,15H2,1-3H3. The van der Waals surface area contributed by atoms with E-state index in [0.717, 1.165) is 6.54 Å². The number of nitrogen functional groups attached to an aromatic ring is 1. The van der Waals surface area contributed by atoms with E-state index in [-0.39, 0.29) is 4.90 Å². The Labute approximate surface area is 121 Å². The van der Waals surface area contributed by atoms with E-state index in [9.17, 15) is 8.42 Å². The molecule has 1 aliphatic carbocycles. The fourth-order valence-electron chi connectivity index (χ4n) is 2.29. The molecule has 5 nitrogen and oxygen atoms in total. The van der Waals surface area contributed by atoms with Gasteiger partial charge in [-0.3, -0.25) is 0 Å². The maximum Gasteiger partial charge on any atom is 0.240 e. The van der Waals surface area contributed by atoms with Gasteiger partial charge in [-0.1, -0.05) is 20.8 Å². The van der Waals surface area contributed by atoms with Gasteiger partial charge in [-0.05, 0) is 36.0 Å². The van der Waals surface area contributed by atoms with E-state index in [2.05, 4.69) is 23.9 Å². The van der Waals surface area contributed by atoms with E-state index in [1.54, 1.807) is 19.1 Å². The van der Waals surface area contributed by atoms with Gasteiger partial charge in [-0.2, -0.15) is 0 Å². The van der Waals surface area contributed by atoms with Crippen molar-refractivity contribution in [1.29, 1.82) is 0 Å². The molecular formula is C14H23N3O2S. The van der Waals surface area contributed by atoms with Crippen LogP contribution in [0.5, 0.6) is 0 Å². The number of nitrogens with two attached hydrogens (primary N) is 1. The van der Waals surface area contributed by atoms with E-state index in [1.807, 2.05) is 0 Å². The first-order valence-electron chi connectivity index (χ1n) is 6.89. The zero-order valence-corrected chi connectivity index (χ0v) is 13.0. The minimum atomic E-state index is -3.44. The molecule has 20 heavy (non-hydrogen) atoms. The second-order valence-electron chi connectivity index (χ2n) is 6.02. The second-order valence-corrected chi connectivity index (χ2v) is 7.79. The molecule has 0 spiro atoms. The number of anilines is 2. The van der Waals surface area contributed by atoms with Crippen molar-refractivity contribution >= 4 is 21.4 Å². The molecule has 6 heteroatoms. The summed E-state index contributed by atoms with van der Waals surface area (Å²) in [6.07, 6.45) is 1.19. The molecule has 1 aromatic carbocycles. The van der Waals surface area contributed by atoms with Gasteiger partial charge in [0.1, 0.15) is 0 Å². The highest BCUT2D eigenvalue weighted by molar-refractivity contribution is 7.89. The Morgan fingerprint density at radius 2 is 2.05 bits per heavy atom. The van der Waals surface area contributed by atoms with E-state index in [0.29, 0.717) is 29.3 Å². The molecule has 4 N–H and O–H groups in total. The summed E-state index contributed by atoms with van der Waals surface area (Å²) in [5, 5.41) is 3.27. The minimum Gasteiger partial charge on any atom is -0.397 e. The second kappa shape index (κ2) is 5.26. The van der Waals surface area contributed by atoms with Crippen LogP contribution in [0.25, 0.3) is 0 Å². The Kier molecular flexibility index (Phi) is 3.97. The van der Waals surface area contributed by atoms with Crippen molar-refractivity contribution in [2.45, 2.75) is 32.1 Å². The predicted molar refractivity (Wildman–Crippen MR) is 82.1 cm³/mol. The molecule has 0 bridgehead atoms. The molecule has 0 heterocycles. The lowest BCUT2D eigenvalue weighted by molar-refractivity contribution is 0.573. The number of hydrogen-bond donors (Lipinski definition) is 3. The average Bonchev–Trinajstić information content (AvgIpc) is 2.95. The molecule has 1 aliphatic rings. The molecule has 112 valence electrons. The highest BCUT2D eigenvalue weighted by Gasteiger charge is 2.44. The number of benzene rings is 1. The highest BCUT2D eigenvalue weighted by Crippen LogP contribution is 2.51. The first-order valence-corrected chi connectivity index (χ1v) is 8.37. The molecule has 2 rings (SSSR count). The van der Waals surface area contributed by atoms with E-state index in [4.69, 9.17) is 5.73 Å². The average molecular weight is 297 g/mol. The normalized spacial score (nSPS) is 20.6. The molecular weight excluding hydrogens is 274 g/mol. The molecule has 0 saturated heterocycles. The van der Waals surface area contributed by atoms with Crippen molar-refractivity contribution in [2.24, 2.45) is 11.3 Å². The van der Waals surface area contributed by atoms with Crippen molar-refractivity contribution < 1.29 is 8.42 Å². The van der Waals surface area contributed by atoms with Gasteiger partial charge in [0.05, 0.1) is 16.3 Å². The topological polar surface area (TPSA) is 84.2 Å². The summed E-state index contributed by atoms with van der Waals surface area (Å²) in [5.74, 6) is 0.621. The van der Waals surface area contributed by atoms with Crippen molar-refractivity contribution in [3.63, 3.8) is 0 Å². The van der Waals surface area contributed by atoms with Crippen LogP contribution in [-0.4, -0.2) is 21.5 Å². The van der Waals surface area contributed by atoms with Crippen LogP contribution in [0.3, 0.4) is 0 Å². The van der Waals surface area contributed by atoms with Gasteiger partial charge in [-0.25, -0.2) is 13.1 Å². The Bertz CT molecular complexity index is 596. The van der Waals surface area contributed by atoms with Crippen molar-refractivity contribution in [3.8, 4) is 0 Å². The number of sulfonamides is 1. The van der Waals surface area contributed by atoms with Crippen molar-refractivity contribution in [2.75, 3.05) is 24.1 Å². The molecule has 1 atom stereocenters. The van der Waals surface area contributed by atoms with Crippen LogP contribution < -0.4 is 15.8 Å². The summed E-state index contributed by atoms with van der Waals surface area (Å²) in [4.78, 5) is 0.242. The van der Waals surface area contributed by atoms with Crippen LogP contribution in [0.2, 0.25) is 0 Å². The van der Waals surface area contributed by atoms with Crippen LogP contribution in [0.15, 0.2) is 23.1 Å². The molecule has 0 aromatic heterocycles. The number of hydrogen-bond acceptors (Lipinski definition) is 4. The van der Waals surface area contributed by atoms with Crippen molar-refractivity contribution in [1.82, 2.24) is 4.72 Å². The lowest BCUT2D eigenvalue weighted by Crippen LogP contribution is -2.23. The first-order chi connectivity index (χ1) is 9.26. The molecule has 1 aromatic rings. The van der Waals surface area contributed by atoms with E-state index < -0.39 is 10.0 Å². The Hall–Kier alpha value is -1.27. The smallest absolute Gasteiger partial charge is 0.240 e. The summed E-state index contributed by atoms with van der Waals surface area (Å²) in [6, 6.07) is 4.76. The van der Waals surface area contributed by atoms with Crippen LogP contribution in [0.4, 0.5) is 11.4 Å². The summed E-state index contributed by atoms with van der Waals surface area (Å²) in [6.45, 7) is 7.40. The largest absolute Gasteiger partial charge is 0.397 e. The van der Waals surface area contributed by atoms with Crippen LogP contribution in [0, 0.1) is 11.3 Å². The maximum absolute atomic E-state index is 12.0. The van der Waals surface area contributed by atoms with Crippen LogP contribution in [-0.2, 0) is 10.0 Å². The minimum absolute atomic E-state index is 0.242. The lowest BCUT2D eigenvalue weighted by Gasteiger charge is -2.12. The maximum atomic E-state index is 12.0. The summed E-state index contributed by atoms with van der Waals surface area (Å²) >= 11 is 0. The Balaban J connectivity index is 2.13. The van der Waals surface area contributed by atoms with E-state index in [1.165, 1.54) is 12.5 Å². The number of rotatable bonds is 6. The highest BCUT2D eigenvalue weighted by atomic mass is 32.2. The fourth-order valence-corrected chi connectivity index (χ4v) is 3.35. The van der Waals surface area contributed by atoms with Gasteiger partial charge < -0.3 is 11.1 Å². The fraction of sp³-hybridized carbons (Fsp3) is 0.571. The van der Waals surface area contributed by atoms with Gasteiger partial charge in [-0.15, -0.1) is 0 Å². The molecule has 1 fully saturated rings. The Morgan fingerprint density at radius 3 is 2.60 bits per heavy atom. The van der Waals surface area contributed by atoms with Gasteiger partial charge in [0.15, 0.2) is 0 Å². The molecule has 0 aliphatic heterocycles. The summed E-state index contributed by atoms with van der Waals surface area (Å²) < 4.78 is 26.4. The monoisotopic (exact) mass is 297 g/mol. The lowest BCUT2D eigenvalue weighted by atomic mass is 10.1. The third-order valence-electron chi connectivity index (χ3n) is 3.93. The summed E-state index contributed by atoms with van der Waals surface area (Å²) in [5.41, 5.74) is 7.54. The quantitative estimate of drug-likeness (QED) is 0.701.